The maximum Gasteiger partial charge on any atom is 0.146 e. The van der Waals surface area contributed by atoms with Gasteiger partial charge in [0.2, 0.25) is 0 Å². The lowest BCUT2D eigenvalue weighted by Gasteiger charge is -2.54. The first-order valence-corrected chi connectivity index (χ1v) is 10.4. The summed E-state index contributed by atoms with van der Waals surface area (Å²) in [5.41, 5.74) is 4.73. The normalized spacial score (nSPS) is 38.5. The van der Waals surface area contributed by atoms with Crippen LogP contribution in [0.2, 0.25) is 0 Å². The first kappa shape index (κ1) is 18.5. The summed E-state index contributed by atoms with van der Waals surface area (Å²) in [5.74, 6) is 2.64. The van der Waals surface area contributed by atoms with Gasteiger partial charge in [-0.05, 0) is 85.7 Å². The quantitative estimate of drug-likeness (QED) is 0.791. The molecular formula is C23H34O3. The molecule has 1 aromatic rings. The number of ether oxygens (including phenoxy) is 2. The van der Waals surface area contributed by atoms with Gasteiger partial charge in [-0.2, -0.15) is 0 Å². The third-order valence-electron chi connectivity index (χ3n) is 7.80. The van der Waals surface area contributed by atoms with Gasteiger partial charge >= 0.3 is 0 Å². The van der Waals surface area contributed by atoms with Crippen molar-refractivity contribution in [1.82, 2.24) is 0 Å². The van der Waals surface area contributed by atoms with Crippen LogP contribution in [-0.2, 0) is 15.9 Å². The Kier molecular flexibility index (Phi) is 5.15. The molecule has 3 aliphatic rings. The van der Waals surface area contributed by atoms with Crippen LogP contribution >= 0.6 is 0 Å². The summed E-state index contributed by atoms with van der Waals surface area (Å²) in [4.78, 5) is 0. The lowest BCUT2D eigenvalue weighted by Crippen LogP contribution is -2.48. The van der Waals surface area contributed by atoms with Crippen molar-refractivity contribution in [2.75, 3.05) is 20.5 Å². The van der Waals surface area contributed by atoms with Crippen LogP contribution < -0.4 is 0 Å². The van der Waals surface area contributed by atoms with Crippen LogP contribution in [0.5, 0.6) is 0 Å². The second kappa shape index (κ2) is 7.26. The monoisotopic (exact) mass is 358 g/mol. The van der Waals surface area contributed by atoms with E-state index in [0.29, 0.717) is 31.3 Å². The number of aliphatic hydroxyl groups excluding tert-OH is 1. The summed E-state index contributed by atoms with van der Waals surface area (Å²) >= 11 is 0. The predicted octanol–water partition coefficient (Wildman–Crippen LogP) is 4.45. The van der Waals surface area contributed by atoms with E-state index >= 15 is 0 Å². The molecule has 0 bridgehead atoms. The van der Waals surface area contributed by atoms with E-state index in [1.54, 1.807) is 18.2 Å². The second-order valence-corrected chi connectivity index (χ2v) is 9.16. The molecule has 0 aliphatic heterocycles. The molecule has 1 N–H and O–H groups in total. The highest BCUT2D eigenvalue weighted by atomic mass is 16.7. The topological polar surface area (TPSA) is 38.7 Å². The fraction of sp³-hybridized carbons (Fsp3) is 0.739. The Balaban J connectivity index is 1.68. The molecule has 0 radical (unpaired) electrons. The molecule has 0 spiro atoms. The van der Waals surface area contributed by atoms with Gasteiger partial charge in [0.05, 0.1) is 6.10 Å². The standard InChI is InChI=1S/C23H34O3/c1-15-4-6-18-16(12-15)5-7-19-20-8-9-21(26-14-25-3)23(20,2)13-17(10-11-24)22(18)19/h4,6,12,17,19-22,24H,5,7-11,13-14H2,1-3H3/t17-,19?,20?,21?,22?,23?/m0/s1. The minimum absolute atomic E-state index is 0.224. The van der Waals surface area contributed by atoms with Gasteiger partial charge in [0.15, 0.2) is 0 Å². The van der Waals surface area contributed by atoms with Gasteiger partial charge in [0, 0.05) is 13.7 Å². The summed E-state index contributed by atoms with van der Waals surface area (Å²) in [5, 5.41) is 9.78. The molecule has 1 aromatic carbocycles. The van der Waals surface area contributed by atoms with Gasteiger partial charge in [-0.3, -0.25) is 0 Å². The molecule has 0 amide bonds. The van der Waals surface area contributed by atoms with E-state index in [1.807, 2.05) is 0 Å². The molecule has 3 nitrogen and oxygen atoms in total. The van der Waals surface area contributed by atoms with Gasteiger partial charge in [0.1, 0.15) is 6.79 Å². The van der Waals surface area contributed by atoms with Crippen LogP contribution in [0.25, 0.3) is 0 Å². The van der Waals surface area contributed by atoms with Crippen molar-refractivity contribution in [2.24, 2.45) is 23.2 Å². The summed E-state index contributed by atoms with van der Waals surface area (Å²) < 4.78 is 11.3. The molecule has 4 rings (SSSR count). The molecule has 0 aromatic heterocycles. The largest absolute Gasteiger partial charge is 0.396 e. The van der Waals surface area contributed by atoms with E-state index in [1.165, 1.54) is 31.2 Å². The van der Waals surface area contributed by atoms with Crippen molar-refractivity contribution < 1.29 is 14.6 Å². The number of aryl methyl sites for hydroxylation is 2. The molecule has 144 valence electrons. The van der Waals surface area contributed by atoms with Crippen LogP contribution in [0.1, 0.15) is 61.6 Å². The van der Waals surface area contributed by atoms with Crippen LogP contribution in [0.15, 0.2) is 18.2 Å². The third-order valence-corrected chi connectivity index (χ3v) is 7.80. The van der Waals surface area contributed by atoms with E-state index in [2.05, 4.69) is 32.0 Å². The summed E-state index contributed by atoms with van der Waals surface area (Å²) in [7, 11) is 1.71. The number of fused-ring (bicyclic) bond motifs is 5. The zero-order chi connectivity index (χ0) is 18.3. The van der Waals surface area contributed by atoms with Gasteiger partial charge < -0.3 is 14.6 Å². The number of aliphatic hydroxyl groups is 1. The summed E-state index contributed by atoms with van der Waals surface area (Å²) in [6, 6.07) is 7.07. The molecule has 5 unspecified atom stereocenters. The predicted molar refractivity (Wildman–Crippen MR) is 103 cm³/mol. The lowest BCUT2D eigenvalue weighted by atomic mass is 9.51. The van der Waals surface area contributed by atoms with E-state index in [0.717, 1.165) is 24.7 Å². The highest BCUT2D eigenvalue weighted by Crippen LogP contribution is 2.63. The van der Waals surface area contributed by atoms with Crippen molar-refractivity contribution in [1.29, 1.82) is 0 Å². The number of hydrogen-bond acceptors (Lipinski definition) is 3. The Labute approximate surface area is 158 Å². The molecular weight excluding hydrogens is 324 g/mol. The SMILES string of the molecule is COCOC1CCC2C3CCc4cc(C)ccc4C3[C@@H](CCO)CC12C. The Morgan fingerprint density at radius 3 is 2.85 bits per heavy atom. The van der Waals surface area contributed by atoms with E-state index in [4.69, 9.17) is 9.47 Å². The molecule has 3 aliphatic carbocycles. The Bertz CT molecular complexity index is 642. The Morgan fingerprint density at radius 1 is 1.23 bits per heavy atom. The number of hydrogen-bond donors (Lipinski definition) is 1. The van der Waals surface area contributed by atoms with Crippen LogP contribution in [0.4, 0.5) is 0 Å². The molecule has 0 saturated heterocycles. The lowest BCUT2D eigenvalue weighted by molar-refractivity contribution is -0.133. The zero-order valence-corrected chi connectivity index (χ0v) is 16.5. The van der Waals surface area contributed by atoms with Gasteiger partial charge in [0.25, 0.3) is 0 Å². The number of methoxy groups -OCH3 is 1. The average molecular weight is 359 g/mol. The number of rotatable bonds is 5. The minimum Gasteiger partial charge on any atom is -0.396 e. The highest BCUT2D eigenvalue weighted by molar-refractivity contribution is 5.38. The smallest absolute Gasteiger partial charge is 0.146 e. The van der Waals surface area contributed by atoms with Crippen molar-refractivity contribution in [3.8, 4) is 0 Å². The second-order valence-electron chi connectivity index (χ2n) is 9.16. The van der Waals surface area contributed by atoms with Gasteiger partial charge in [-0.25, -0.2) is 0 Å². The molecule has 0 heterocycles. The molecule has 26 heavy (non-hydrogen) atoms. The highest BCUT2D eigenvalue weighted by Gasteiger charge is 2.58. The number of benzene rings is 1. The maximum absolute atomic E-state index is 9.78. The van der Waals surface area contributed by atoms with E-state index in [-0.39, 0.29) is 5.41 Å². The van der Waals surface area contributed by atoms with Crippen LogP contribution in [0.3, 0.4) is 0 Å². The fourth-order valence-corrected chi connectivity index (χ4v) is 6.84. The van der Waals surface area contributed by atoms with Crippen LogP contribution in [-0.4, -0.2) is 31.7 Å². The van der Waals surface area contributed by atoms with Crippen molar-refractivity contribution in [3.63, 3.8) is 0 Å². The zero-order valence-electron chi connectivity index (χ0n) is 16.5. The first-order valence-electron chi connectivity index (χ1n) is 10.4. The third kappa shape index (κ3) is 2.93. The Morgan fingerprint density at radius 2 is 2.08 bits per heavy atom. The minimum atomic E-state index is 0.224. The molecule has 2 fully saturated rings. The fourth-order valence-electron chi connectivity index (χ4n) is 6.84. The molecule has 2 saturated carbocycles. The Hall–Kier alpha value is -0.900. The van der Waals surface area contributed by atoms with E-state index in [9.17, 15) is 5.11 Å². The van der Waals surface area contributed by atoms with Crippen molar-refractivity contribution in [3.05, 3.63) is 34.9 Å². The van der Waals surface area contributed by atoms with Crippen LogP contribution in [0, 0.1) is 30.1 Å². The van der Waals surface area contributed by atoms with Gasteiger partial charge in [-0.15, -0.1) is 0 Å². The first-order chi connectivity index (χ1) is 12.6. The van der Waals surface area contributed by atoms with Gasteiger partial charge in [-0.1, -0.05) is 30.7 Å². The van der Waals surface area contributed by atoms with Crippen molar-refractivity contribution >= 4 is 0 Å². The van der Waals surface area contributed by atoms with Crippen molar-refractivity contribution in [2.45, 2.75) is 64.4 Å². The average Bonchev–Trinajstić information content (AvgIpc) is 2.95. The van der Waals surface area contributed by atoms with E-state index < -0.39 is 0 Å². The summed E-state index contributed by atoms with van der Waals surface area (Å²) in [6.07, 6.45) is 7.31. The molecule has 6 atom stereocenters. The molecule has 3 heteroatoms. The maximum atomic E-state index is 9.78. The summed E-state index contributed by atoms with van der Waals surface area (Å²) in [6.45, 7) is 5.34.